The smallest absolute Gasteiger partial charge is 0.237 e. The van der Waals surface area contributed by atoms with Crippen molar-refractivity contribution in [1.29, 1.82) is 0 Å². The van der Waals surface area contributed by atoms with Gasteiger partial charge in [-0.05, 0) is 64.3 Å². The summed E-state index contributed by atoms with van der Waals surface area (Å²) in [6.45, 7) is 7.65. The van der Waals surface area contributed by atoms with Crippen LogP contribution in [0.3, 0.4) is 0 Å². The molecule has 0 aromatic heterocycles. The SMILES string of the molecule is Cc1cccc(OCCNC(=O)C(C)N2CCCC2CC(C)O)c1. The van der Waals surface area contributed by atoms with Gasteiger partial charge in [0.25, 0.3) is 0 Å². The van der Waals surface area contributed by atoms with E-state index in [4.69, 9.17) is 4.74 Å². The van der Waals surface area contributed by atoms with Crippen molar-refractivity contribution in [2.75, 3.05) is 19.7 Å². The molecule has 1 aliphatic heterocycles. The lowest BCUT2D eigenvalue weighted by atomic mass is 10.1. The number of rotatable bonds is 8. The van der Waals surface area contributed by atoms with Gasteiger partial charge in [-0.2, -0.15) is 0 Å². The maximum Gasteiger partial charge on any atom is 0.237 e. The van der Waals surface area contributed by atoms with Crippen LogP contribution in [-0.4, -0.2) is 53.8 Å². The van der Waals surface area contributed by atoms with Crippen molar-refractivity contribution in [1.82, 2.24) is 10.2 Å². The summed E-state index contributed by atoms with van der Waals surface area (Å²) in [5.41, 5.74) is 1.16. The first-order valence-corrected chi connectivity index (χ1v) is 8.88. The summed E-state index contributed by atoms with van der Waals surface area (Å²) < 4.78 is 5.65. The van der Waals surface area contributed by atoms with E-state index in [0.717, 1.165) is 37.1 Å². The monoisotopic (exact) mass is 334 g/mol. The molecule has 5 heteroatoms. The van der Waals surface area contributed by atoms with Gasteiger partial charge in [0.15, 0.2) is 0 Å². The van der Waals surface area contributed by atoms with Gasteiger partial charge in [-0.25, -0.2) is 0 Å². The second-order valence-corrected chi connectivity index (χ2v) is 6.75. The minimum atomic E-state index is -0.325. The molecule has 3 unspecified atom stereocenters. The fourth-order valence-corrected chi connectivity index (χ4v) is 3.36. The quantitative estimate of drug-likeness (QED) is 0.715. The maximum atomic E-state index is 12.4. The van der Waals surface area contributed by atoms with Gasteiger partial charge in [0.1, 0.15) is 12.4 Å². The molecule has 1 saturated heterocycles. The lowest BCUT2D eigenvalue weighted by Crippen LogP contribution is -2.48. The van der Waals surface area contributed by atoms with Crippen LogP contribution in [0.5, 0.6) is 5.75 Å². The fraction of sp³-hybridized carbons (Fsp3) is 0.632. The number of nitrogens with one attached hydrogen (secondary N) is 1. The molecule has 24 heavy (non-hydrogen) atoms. The normalized spacial score (nSPS) is 20.6. The van der Waals surface area contributed by atoms with Crippen LogP contribution < -0.4 is 10.1 Å². The third-order valence-electron chi connectivity index (χ3n) is 4.57. The van der Waals surface area contributed by atoms with E-state index in [1.807, 2.05) is 45.0 Å². The summed E-state index contributed by atoms with van der Waals surface area (Å²) in [4.78, 5) is 14.6. The highest BCUT2D eigenvalue weighted by Crippen LogP contribution is 2.23. The van der Waals surface area contributed by atoms with Gasteiger partial charge in [0.2, 0.25) is 5.91 Å². The van der Waals surface area contributed by atoms with Crippen LogP contribution in [0.4, 0.5) is 0 Å². The minimum absolute atomic E-state index is 0.0281. The van der Waals surface area contributed by atoms with Gasteiger partial charge < -0.3 is 15.2 Å². The van der Waals surface area contributed by atoms with Gasteiger partial charge in [-0.3, -0.25) is 9.69 Å². The standard InChI is InChI=1S/C19H30N2O3/c1-14-6-4-8-18(12-14)24-11-9-20-19(23)16(3)21-10-5-7-17(21)13-15(2)22/h4,6,8,12,15-17,22H,5,7,9-11,13H2,1-3H3,(H,20,23). The maximum absolute atomic E-state index is 12.4. The van der Waals surface area contributed by atoms with Crippen LogP contribution in [0.1, 0.15) is 38.7 Å². The molecule has 0 saturated carbocycles. The average molecular weight is 334 g/mol. The predicted molar refractivity (Wildman–Crippen MR) is 95.2 cm³/mol. The number of nitrogens with zero attached hydrogens (tertiary/aromatic N) is 1. The Morgan fingerprint density at radius 2 is 2.25 bits per heavy atom. The minimum Gasteiger partial charge on any atom is -0.492 e. The Morgan fingerprint density at radius 1 is 1.46 bits per heavy atom. The number of aliphatic hydroxyl groups excluding tert-OH is 1. The van der Waals surface area contributed by atoms with E-state index in [1.54, 1.807) is 0 Å². The first-order chi connectivity index (χ1) is 11.5. The molecule has 134 valence electrons. The Morgan fingerprint density at radius 3 is 2.96 bits per heavy atom. The summed E-state index contributed by atoms with van der Waals surface area (Å²) in [6, 6.07) is 8.01. The third kappa shape index (κ3) is 5.49. The van der Waals surface area contributed by atoms with Crippen molar-refractivity contribution >= 4 is 5.91 Å². The Kier molecular flexibility index (Phi) is 7.06. The van der Waals surface area contributed by atoms with Crippen molar-refractivity contribution in [2.24, 2.45) is 0 Å². The molecule has 0 radical (unpaired) electrons. The molecule has 1 aromatic rings. The number of hydrogen-bond acceptors (Lipinski definition) is 4. The van der Waals surface area contributed by atoms with Crippen LogP contribution >= 0.6 is 0 Å². The van der Waals surface area contributed by atoms with Crippen molar-refractivity contribution in [3.05, 3.63) is 29.8 Å². The molecule has 5 nitrogen and oxygen atoms in total. The molecule has 3 atom stereocenters. The van der Waals surface area contributed by atoms with Crippen molar-refractivity contribution in [2.45, 2.75) is 58.2 Å². The van der Waals surface area contributed by atoms with Crippen molar-refractivity contribution < 1.29 is 14.6 Å². The van der Waals surface area contributed by atoms with Gasteiger partial charge in [-0.1, -0.05) is 12.1 Å². The first kappa shape index (κ1) is 18.7. The number of carbonyl (C=O) groups is 1. The molecule has 1 fully saturated rings. The Balaban J connectivity index is 1.73. The highest BCUT2D eigenvalue weighted by molar-refractivity contribution is 5.81. The topological polar surface area (TPSA) is 61.8 Å². The van der Waals surface area contributed by atoms with E-state index in [0.29, 0.717) is 19.2 Å². The van der Waals surface area contributed by atoms with Crippen molar-refractivity contribution in [3.8, 4) is 5.75 Å². The van der Waals surface area contributed by atoms with Gasteiger partial charge in [0, 0.05) is 6.04 Å². The Bertz CT molecular complexity index is 533. The van der Waals surface area contributed by atoms with E-state index in [1.165, 1.54) is 0 Å². The summed E-state index contributed by atoms with van der Waals surface area (Å²) in [6.07, 6.45) is 2.55. The van der Waals surface area contributed by atoms with Crippen LogP contribution in [0.15, 0.2) is 24.3 Å². The van der Waals surface area contributed by atoms with Crippen LogP contribution in [-0.2, 0) is 4.79 Å². The van der Waals surface area contributed by atoms with E-state index in [9.17, 15) is 9.90 Å². The lowest BCUT2D eigenvalue weighted by Gasteiger charge is -2.30. The Labute approximate surface area is 145 Å². The molecule has 1 amide bonds. The summed E-state index contributed by atoms with van der Waals surface area (Å²) >= 11 is 0. The van der Waals surface area contributed by atoms with Gasteiger partial charge in [0.05, 0.1) is 18.7 Å². The number of carbonyl (C=O) groups excluding carboxylic acids is 1. The molecule has 1 aliphatic rings. The van der Waals surface area contributed by atoms with E-state index < -0.39 is 0 Å². The second-order valence-electron chi connectivity index (χ2n) is 6.75. The van der Waals surface area contributed by atoms with E-state index >= 15 is 0 Å². The number of amides is 1. The summed E-state index contributed by atoms with van der Waals surface area (Å²) in [5.74, 6) is 0.856. The highest BCUT2D eigenvalue weighted by Gasteiger charge is 2.32. The molecule has 0 aliphatic carbocycles. The van der Waals surface area contributed by atoms with Crippen molar-refractivity contribution in [3.63, 3.8) is 0 Å². The highest BCUT2D eigenvalue weighted by atomic mass is 16.5. The predicted octanol–water partition coefficient (Wildman–Crippen LogP) is 2.11. The summed E-state index contributed by atoms with van der Waals surface area (Å²) in [7, 11) is 0. The molecule has 2 rings (SSSR count). The van der Waals surface area contributed by atoms with Gasteiger partial charge >= 0.3 is 0 Å². The third-order valence-corrected chi connectivity index (χ3v) is 4.57. The molecule has 1 aromatic carbocycles. The second kappa shape index (κ2) is 9.04. The van der Waals surface area contributed by atoms with Crippen LogP contribution in [0.25, 0.3) is 0 Å². The zero-order valence-electron chi connectivity index (χ0n) is 15.0. The fourth-order valence-electron chi connectivity index (χ4n) is 3.36. The summed E-state index contributed by atoms with van der Waals surface area (Å²) in [5, 5.41) is 12.6. The Hall–Kier alpha value is -1.59. The average Bonchev–Trinajstić information content (AvgIpc) is 2.98. The molecular formula is C19H30N2O3. The number of benzene rings is 1. The zero-order chi connectivity index (χ0) is 17.5. The molecule has 0 spiro atoms. The largest absolute Gasteiger partial charge is 0.492 e. The molecule has 2 N–H and O–H groups in total. The van der Waals surface area contributed by atoms with E-state index in [-0.39, 0.29) is 18.1 Å². The number of ether oxygens (including phenoxy) is 1. The van der Waals surface area contributed by atoms with Crippen LogP contribution in [0.2, 0.25) is 0 Å². The van der Waals surface area contributed by atoms with Gasteiger partial charge in [-0.15, -0.1) is 0 Å². The number of hydrogen-bond donors (Lipinski definition) is 2. The first-order valence-electron chi connectivity index (χ1n) is 8.88. The molecular weight excluding hydrogens is 304 g/mol. The zero-order valence-corrected chi connectivity index (χ0v) is 15.0. The number of aryl methyl sites for hydroxylation is 1. The lowest BCUT2D eigenvalue weighted by molar-refractivity contribution is -0.126. The number of aliphatic hydroxyl groups is 1. The number of likely N-dealkylation sites (tertiary alicyclic amines) is 1. The van der Waals surface area contributed by atoms with Crippen LogP contribution in [0, 0.1) is 6.92 Å². The molecule has 0 bridgehead atoms. The van der Waals surface area contributed by atoms with E-state index in [2.05, 4.69) is 10.2 Å². The molecule has 1 heterocycles.